The quantitative estimate of drug-likeness (QED) is 0.917. The van der Waals surface area contributed by atoms with E-state index in [2.05, 4.69) is 0 Å². The van der Waals surface area contributed by atoms with Crippen molar-refractivity contribution < 1.29 is 19.4 Å². The van der Waals surface area contributed by atoms with E-state index in [1.165, 1.54) is 0 Å². The van der Waals surface area contributed by atoms with Gasteiger partial charge in [-0.2, -0.15) is 0 Å². The van der Waals surface area contributed by atoms with Crippen molar-refractivity contribution in [2.24, 2.45) is 11.8 Å². The highest BCUT2D eigenvalue weighted by Crippen LogP contribution is 2.50. The van der Waals surface area contributed by atoms with E-state index >= 15 is 0 Å². The number of ether oxygens (including phenoxy) is 1. The van der Waals surface area contributed by atoms with Crippen molar-refractivity contribution in [1.82, 2.24) is 4.90 Å². The summed E-state index contributed by atoms with van der Waals surface area (Å²) in [7, 11) is 0. The molecule has 3 fully saturated rings. The second kappa shape index (κ2) is 4.81. The molecule has 1 N–H and O–H groups in total. The molecule has 20 heavy (non-hydrogen) atoms. The van der Waals surface area contributed by atoms with Crippen molar-refractivity contribution in [2.45, 2.75) is 32.0 Å². The Bertz CT molecular complexity index is 530. The zero-order chi connectivity index (χ0) is 14.3. The number of benzene rings is 1. The smallest absolute Gasteiger partial charge is 0.410 e. The maximum absolute atomic E-state index is 12.1. The first-order valence-electron chi connectivity index (χ1n) is 6.81. The number of hydrogen-bond acceptors (Lipinski definition) is 3. The van der Waals surface area contributed by atoms with Gasteiger partial charge < -0.3 is 14.7 Å². The molecule has 2 saturated heterocycles. The fraction of sp³-hybridized carbons (Fsp3) is 0.467. The summed E-state index contributed by atoms with van der Waals surface area (Å²) in [4.78, 5) is 24.9. The van der Waals surface area contributed by atoms with E-state index in [0.29, 0.717) is 0 Å². The zero-order valence-corrected chi connectivity index (χ0v) is 11.2. The summed E-state index contributed by atoms with van der Waals surface area (Å²) in [6, 6.07) is 9.21. The first-order chi connectivity index (χ1) is 9.59. The van der Waals surface area contributed by atoms with Crippen molar-refractivity contribution >= 4 is 12.1 Å². The van der Waals surface area contributed by atoms with Crippen LogP contribution in [0.25, 0.3) is 0 Å². The van der Waals surface area contributed by atoms with Crippen LogP contribution < -0.4 is 0 Å². The Balaban J connectivity index is 1.62. The van der Waals surface area contributed by atoms with E-state index in [4.69, 9.17) is 9.84 Å². The molecule has 2 bridgehead atoms. The summed E-state index contributed by atoms with van der Waals surface area (Å²) in [6.45, 7) is 2.12. The van der Waals surface area contributed by atoms with Crippen LogP contribution in [0.15, 0.2) is 30.3 Å². The largest absolute Gasteiger partial charge is 0.481 e. The molecule has 0 spiro atoms. The number of carboxylic acids is 1. The van der Waals surface area contributed by atoms with Crippen LogP contribution in [0.4, 0.5) is 4.79 Å². The van der Waals surface area contributed by atoms with Crippen LogP contribution in [-0.4, -0.2) is 34.2 Å². The van der Waals surface area contributed by atoms with Gasteiger partial charge in [0, 0.05) is 12.1 Å². The Morgan fingerprint density at radius 1 is 1.35 bits per heavy atom. The molecule has 5 heteroatoms. The highest BCUT2D eigenvalue weighted by atomic mass is 16.6. The van der Waals surface area contributed by atoms with Crippen molar-refractivity contribution in [3.05, 3.63) is 35.9 Å². The van der Waals surface area contributed by atoms with Gasteiger partial charge in [-0.3, -0.25) is 4.79 Å². The van der Waals surface area contributed by atoms with Crippen molar-refractivity contribution in [3.8, 4) is 0 Å². The first kappa shape index (κ1) is 13.0. The molecule has 0 unspecified atom stereocenters. The molecule has 5 nitrogen and oxygen atoms in total. The Morgan fingerprint density at radius 3 is 2.65 bits per heavy atom. The number of aliphatic carboxylic acids is 1. The molecule has 0 aromatic heterocycles. The minimum Gasteiger partial charge on any atom is -0.481 e. The molecule has 1 aliphatic carbocycles. The van der Waals surface area contributed by atoms with Crippen molar-refractivity contribution in [2.75, 3.05) is 0 Å². The summed E-state index contributed by atoms with van der Waals surface area (Å²) in [5.74, 6) is -1.16. The number of carboxylic acid groups (broad SMARTS) is 1. The molecular weight excluding hydrogens is 258 g/mol. The number of amides is 1. The van der Waals surface area contributed by atoms with Gasteiger partial charge in [0.25, 0.3) is 0 Å². The highest BCUT2D eigenvalue weighted by molar-refractivity contribution is 5.78. The van der Waals surface area contributed by atoms with Gasteiger partial charge in [-0.1, -0.05) is 30.3 Å². The third-order valence-corrected chi connectivity index (χ3v) is 4.51. The van der Waals surface area contributed by atoms with Crippen LogP contribution in [-0.2, 0) is 16.1 Å². The van der Waals surface area contributed by atoms with Gasteiger partial charge in [0.15, 0.2) is 0 Å². The van der Waals surface area contributed by atoms with E-state index in [1.807, 2.05) is 37.3 Å². The van der Waals surface area contributed by atoms with Crippen LogP contribution in [0.5, 0.6) is 0 Å². The first-order valence-corrected chi connectivity index (χ1v) is 6.81. The molecule has 1 aromatic carbocycles. The van der Waals surface area contributed by atoms with E-state index in [-0.39, 0.29) is 24.6 Å². The van der Waals surface area contributed by atoms with Crippen LogP contribution in [0.2, 0.25) is 0 Å². The van der Waals surface area contributed by atoms with Gasteiger partial charge in [0.05, 0.1) is 5.92 Å². The Morgan fingerprint density at radius 2 is 2.05 bits per heavy atom. The maximum Gasteiger partial charge on any atom is 0.410 e. The summed E-state index contributed by atoms with van der Waals surface area (Å²) >= 11 is 0. The van der Waals surface area contributed by atoms with Gasteiger partial charge in [-0.15, -0.1) is 0 Å². The Hall–Kier alpha value is -2.04. The lowest BCUT2D eigenvalue weighted by atomic mass is 9.72. The normalized spacial score (nSPS) is 30.8. The zero-order valence-electron chi connectivity index (χ0n) is 11.2. The number of fused-ring (bicyclic) bond motifs is 1. The third kappa shape index (κ3) is 1.94. The van der Waals surface area contributed by atoms with E-state index in [1.54, 1.807) is 4.90 Å². The highest BCUT2D eigenvalue weighted by Gasteiger charge is 2.61. The van der Waals surface area contributed by atoms with Crippen LogP contribution in [0.3, 0.4) is 0 Å². The van der Waals surface area contributed by atoms with Gasteiger partial charge in [-0.05, 0) is 24.8 Å². The van der Waals surface area contributed by atoms with Gasteiger partial charge >= 0.3 is 12.1 Å². The maximum atomic E-state index is 12.1. The van der Waals surface area contributed by atoms with Crippen LogP contribution in [0.1, 0.15) is 18.9 Å². The molecule has 3 aliphatic rings. The summed E-state index contributed by atoms with van der Waals surface area (Å²) in [6.07, 6.45) is 0.371. The molecule has 4 rings (SSSR count). The molecular formula is C15H17NO4. The standard InChI is InChI=1S/C15H17NO4/c1-9-11-7-12(13(11)14(17)18)16(9)15(19)20-8-10-5-3-2-4-6-10/h2-6,9,11-13H,7-8H2,1H3,(H,17,18)/t9-,11-,12-,13+/m1/s1. The van der Waals surface area contributed by atoms with Crippen molar-refractivity contribution in [1.29, 1.82) is 0 Å². The second-order valence-electron chi connectivity index (χ2n) is 5.52. The molecule has 1 saturated carbocycles. The van der Waals surface area contributed by atoms with Gasteiger partial charge in [0.2, 0.25) is 0 Å². The minimum atomic E-state index is -0.809. The molecule has 2 aliphatic heterocycles. The van der Waals surface area contributed by atoms with Gasteiger partial charge in [0.1, 0.15) is 6.61 Å². The fourth-order valence-electron chi connectivity index (χ4n) is 3.40. The summed E-state index contributed by atoms with van der Waals surface area (Å²) < 4.78 is 5.30. The average Bonchev–Trinajstić information content (AvgIpc) is 2.87. The monoisotopic (exact) mass is 275 g/mol. The SMILES string of the molecule is C[C@@H]1[C@H]2C[C@H]([C@H]2C(=O)O)N1C(=O)OCc1ccccc1. The molecule has 106 valence electrons. The molecule has 1 amide bonds. The second-order valence-corrected chi connectivity index (χ2v) is 5.52. The van der Waals surface area contributed by atoms with Crippen molar-refractivity contribution in [3.63, 3.8) is 0 Å². The number of carbonyl (C=O) groups is 2. The molecule has 1 aromatic rings. The average molecular weight is 275 g/mol. The fourth-order valence-corrected chi connectivity index (χ4v) is 3.40. The number of nitrogens with zero attached hydrogens (tertiary/aromatic N) is 1. The van der Waals surface area contributed by atoms with Crippen LogP contribution >= 0.6 is 0 Å². The lowest BCUT2D eigenvalue weighted by Gasteiger charge is -2.32. The van der Waals surface area contributed by atoms with E-state index in [0.717, 1.165) is 12.0 Å². The van der Waals surface area contributed by atoms with Gasteiger partial charge in [-0.25, -0.2) is 4.79 Å². The summed E-state index contributed by atoms with van der Waals surface area (Å²) in [5, 5.41) is 9.16. The number of hydrogen-bond donors (Lipinski definition) is 1. The third-order valence-electron chi connectivity index (χ3n) is 4.51. The van der Waals surface area contributed by atoms with E-state index in [9.17, 15) is 9.59 Å². The molecule has 4 atom stereocenters. The Kier molecular flexibility index (Phi) is 3.12. The molecule has 0 radical (unpaired) electrons. The predicted molar refractivity (Wildman–Crippen MR) is 70.9 cm³/mol. The lowest BCUT2D eigenvalue weighted by molar-refractivity contribution is -0.147. The minimum absolute atomic E-state index is 0.0515. The lowest BCUT2D eigenvalue weighted by Crippen LogP contribution is -2.45. The topological polar surface area (TPSA) is 66.8 Å². The number of carbonyl (C=O) groups excluding carboxylic acids is 1. The summed E-state index contributed by atoms with van der Waals surface area (Å²) in [5.41, 5.74) is 0.926. The van der Waals surface area contributed by atoms with E-state index < -0.39 is 18.0 Å². The number of rotatable bonds is 3. The Labute approximate surface area is 117 Å². The van der Waals surface area contributed by atoms with Crippen LogP contribution in [0, 0.1) is 11.8 Å². The molecule has 2 heterocycles. The predicted octanol–water partition coefficient (Wildman–Crippen LogP) is 2.12.